The second kappa shape index (κ2) is 8.54. The second-order valence-electron chi connectivity index (χ2n) is 5.27. The van der Waals surface area contributed by atoms with E-state index in [1.165, 1.54) is 17.8 Å². The SMILES string of the molecule is CCCc1cc(=O)[nH]c(S[C@@H](C)C(=O)Nc2cccc(OC)c2)n1. The van der Waals surface area contributed by atoms with Crippen LogP contribution < -0.4 is 15.6 Å². The van der Waals surface area contributed by atoms with Gasteiger partial charge in [-0.1, -0.05) is 31.2 Å². The van der Waals surface area contributed by atoms with Crippen LogP contribution in [0.15, 0.2) is 40.3 Å². The summed E-state index contributed by atoms with van der Waals surface area (Å²) < 4.78 is 5.14. The van der Waals surface area contributed by atoms with Crippen molar-refractivity contribution < 1.29 is 9.53 Å². The van der Waals surface area contributed by atoms with Crippen molar-refractivity contribution in [3.8, 4) is 5.75 Å². The predicted octanol–water partition coefficient (Wildman–Crippen LogP) is 2.85. The molecule has 0 aliphatic rings. The van der Waals surface area contributed by atoms with Crippen molar-refractivity contribution >= 4 is 23.4 Å². The molecule has 1 aromatic heterocycles. The Hall–Kier alpha value is -2.28. The Labute approximate surface area is 145 Å². The Morgan fingerprint density at radius 3 is 2.92 bits per heavy atom. The van der Waals surface area contributed by atoms with Gasteiger partial charge in [-0.3, -0.25) is 9.59 Å². The summed E-state index contributed by atoms with van der Waals surface area (Å²) in [5, 5.41) is 2.88. The number of aryl methyl sites for hydroxylation is 1. The monoisotopic (exact) mass is 347 g/mol. The van der Waals surface area contributed by atoms with E-state index >= 15 is 0 Å². The van der Waals surface area contributed by atoms with E-state index in [4.69, 9.17) is 4.74 Å². The van der Waals surface area contributed by atoms with Crippen molar-refractivity contribution in [3.05, 3.63) is 46.4 Å². The molecule has 1 aromatic carbocycles. The van der Waals surface area contributed by atoms with Gasteiger partial charge in [0.25, 0.3) is 5.56 Å². The third kappa shape index (κ3) is 5.13. The number of nitrogens with zero attached hydrogens (tertiary/aromatic N) is 1. The highest BCUT2D eigenvalue weighted by molar-refractivity contribution is 8.00. The summed E-state index contributed by atoms with van der Waals surface area (Å²) >= 11 is 1.23. The van der Waals surface area contributed by atoms with E-state index in [-0.39, 0.29) is 11.5 Å². The summed E-state index contributed by atoms with van der Waals surface area (Å²) in [6.07, 6.45) is 1.65. The summed E-state index contributed by atoms with van der Waals surface area (Å²) in [7, 11) is 1.57. The molecule has 0 bridgehead atoms. The highest BCUT2D eigenvalue weighted by Crippen LogP contribution is 2.22. The van der Waals surface area contributed by atoms with Crippen LogP contribution in [-0.4, -0.2) is 28.2 Å². The molecule has 0 aliphatic heterocycles. The number of benzene rings is 1. The van der Waals surface area contributed by atoms with Gasteiger partial charge in [0.2, 0.25) is 5.91 Å². The number of carbonyl (C=O) groups is 1. The molecule has 0 spiro atoms. The Morgan fingerprint density at radius 1 is 1.42 bits per heavy atom. The number of amides is 1. The van der Waals surface area contributed by atoms with Gasteiger partial charge in [-0.2, -0.15) is 0 Å². The lowest BCUT2D eigenvalue weighted by atomic mass is 10.2. The fraction of sp³-hybridized carbons (Fsp3) is 0.353. The normalized spacial score (nSPS) is 11.8. The van der Waals surface area contributed by atoms with Gasteiger partial charge in [-0.15, -0.1) is 0 Å². The second-order valence-corrected chi connectivity index (χ2v) is 6.60. The predicted molar refractivity (Wildman–Crippen MR) is 95.8 cm³/mol. The van der Waals surface area contributed by atoms with Crippen molar-refractivity contribution in [2.45, 2.75) is 37.1 Å². The van der Waals surface area contributed by atoms with Crippen LogP contribution in [-0.2, 0) is 11.2 Å². The minimum Gasteiger partial charge on any atom is -0.497 e. The number of hydrogen-bond donors (Lipinski definition) is 2. The molecular formula is C17H21N3O3S. The quantitative estimate of drug-likeness (QED) is 0.594. The van der Waals surface area contributed by atoms with Crippen LogP contribution in [0.4, 0.5) is 5.69 Å². The number of anilines is 1. The van der Waals surface area contributed by atoms with Crippen molar-refractivity contribution in [3.63, 3.8) is 0 Å². The Kier molecular flexibility index (Phi) is 6.43. The van der Waals surface area contributed by atoms with Gasteiger partial charge in [0.1, 0.15) is 5.75 Å². The van der Waals surface area contributed by atoms with Gasteiger partial charge in [0, 0.05) is 23.5 Å². The van der Waals surface area contributed by atoms with E-state index in [1.54, 1.807) is 32.2 Å². The molecule has 0 unspecified atom stereocenters. The Bertz CT molecular complexity index is 761. The molecule has 2 aromatic rings. The highest BCUT2D eigenvalue weighted by Gasteiger charge is 2.16. The fourth-order valence-electron chi connectivity index (χ4n) is 2.09. The number of rotatable bonds is 7. The molecule has 2 rings (SSSR count). The van der Waals surface area contributed by atoms with E-state index < -0.39 is 5.25 Å². The number of aromatic nitrogens is 2. The van der Waals surface area contributed by atoms with Crippen LogP contribution in [0.2, 0.25) is 0 Å². The molecule has 1 heterocycles. The maximum absolute atomic E-state index is 12.3. The summed E-state index contributed by atoms with van der Waals surface area (Å²) in [6.45, 7) is 3.80. The zero-order chi connectivity index (χ0) is 17.5. The zero-order valence-corrected chi connectivity index (χ0v) is 14.8. The maximum atomic E-state index is 12.3. The van der Waals surface area contributed by atoms with Gasteiger partial charge < -0.3 is 15.0 Å². The summed E-state index contributed by atoms with van der Waals surface area (Å²) in [5.41, 5.74) is 1.20. The highest BCUT2D eigenvalue weighted by atomic mass is 32.2. The molecule has 0 fully saturated rings. The van der Waals surface area contributed by atoms with Crippen molar-refractivity contribution in [1.82, 2.24) is 9.97 Å². The van der Waals surface area contributed by atoms with E-state index in [1.807, 2.05) is 13.0 Å². The molecule has 128 valence electrons. The summed E-state index contributed by atoms with van der Waals surface area (Å²) in [4.78, 5) is 31.1. The largest absolute Gasteiger partial charge is 0.497 e. The number of nitrogens with one attached hydrogen (secondary N) is 2. The number of aromatic amines is 1. The average molecular weight is 347 g/mol. The minimum absolute atomic E-state index is 0.170. The van der Waals surface area contributed by atoms with Crippen LogP contribution in [0.3, 0.4) is 0 Å². The minimum atomic E-state index is -0.406. The Balaban J connectivity index is 2.04. The van der Waals surface area contributed by atoms with E-state index in [0.717, 1.165) is 18.5 Å². The molecule has 6 nitrogen and oxygen atoms in total. The molecule has 7 heteroatoms. The number of carbonyl (C=O) groups excluding carboxylic acids is 1. The number of hydrogen-bond acceptors (Lipinski definition) is 5. The molecular weight excluding hydrogens is 326 g/mol. The van der Waals surface area contributed by atoms with Crippen molar-refractivity contribution in [1.29, 1.82) is 0 Å². The van der Waals surface area contributed by atoms with Gasteiger partial charge in [-0.25, -0.2) is 4.98 Å². The first-order valence-corrected chi connectivity index (χ1v) is 8.61. The average Bonchev–Trinajstić information content (AvgIpc) is 2.54. The van der Waals surface area contributed by atoms with Crippen molar-refractivity contribution in [2.75, 3.05) is 12.4 Å². The maximum Gasteiger partial charge on any atom is 0.251 e. The van der Waals surface area contributed by atoms with E-state index in [0.29, 0.717) is 16.6 Å². The van der Waals surface area contributed by atoms with E-state index in [2.05, 4.69) is 15.3 Å². The smallest absolute Gasteiger partial charge is 0.251 e. The first-order chi connectivity index (χ1) is 11.5. The zero-order valence-electron chi connectivity index (χ0n) is 14.0. The van der Waals surface area contributed by atoms with Crippen LogP contribution in [0.25, 0.3) is 0 Å². The van der Waals surface area contributed by atoms with Crippen LogP contribution >= 0.6 is 11.8 Å². The molecule has 0 aliphatic carbocycles. The van der Waals surface area contributed by atoms with Gasteiger partial charge >= 0.3 is 0 Å². The van der Waals surface area contributed by atoms with Crippen molar-refractivity contribution in [2.24, 2.45) is 0 Å². The number of ether oxygens (including phenoxy) is 1. The van der Waals surface area contributed by atoms with Crippen LogP contribution in [0.5, 0.6) is 5.75 Å². The first-order valence-electron chi connectivity index (χ1n) is 7.73. The van der Waals surface area contributed by atoms with Gasteiger partial charge in [0.05, 0.1) is 12.4 Å². The third-order valence-electron chi connectivity index (χ3n) is 3.27. The summed E-state index contributed by atoms with van der Waals surface area (Å²) in [6, 6.07) is 8.65. The van der Waals surface area contributed by atoms with E-state index in [9.17, 15) is 9.59 Å². The number of methoxy groups -OCH3 is 1. The third-order valence-corrected chi connectivity index (χ3v) is 4.26. The fourth-order valence-corrected chi connectivity index (χ4v) is 2.92. The topological polar surface area (TPSA) is 84.1 Å². The number of thioether (sulfide) groups is 1. The standard InChI is InChI=1S/C17H21N3O3S/c1-4-6-12-10-15(21)20-17(19-12)24-11(2)16(22)18-13-7-5-8-14(9-13)23-3/h5,7-11H,4,6H2,1-3H3,(H,18,22)(H,19,20,21)/t11-/m0/s1. The molecule has 2 N–H and O–H groups in total. The first kappa shape index (κ1) is 18.1. The molecule has 1 atom stereocenters. The molecule has 24 heavy (non-hydrogen) atoms. The Morgan fingerprint density at radius 2 is 2.21 bits per heavy atom. The number of H-pyrrole nitrogens is 1. The van der Waals surface area contributed by atoms with Crippen LogP contribution in [0, 0.1) is 0 Å². The molecule has 0 saturated carbocycles. The van der Waals surface area contributed by atoms with Gasteiger partial charge in [0.15, 0.2) is 5.16 Å². The lowest BCUT2D eigenvalue weighted by molar-refractivity contribution is -0.115. The molecule has 1 amide bonds. The molecule has 0 saturated heterocycles. The van der Waals surface area contributed by atoms with Gasteiger partial charge in [-0.05, 0) is 25.5 Å². The lowest BCUT2D eigenvalue weighted by Gasteiger charge is -2.12. The van der Waals surface area contributed by atoms with Crippen LogP contribution in [0.1, 0.15) is 26.0 Å². The molecule has 0 radical (unpaired) electrons. The lowest BCUT2D eigenvalue weighted by Crippen LogP contribution is -2.23. The summed E-state index contributed by atoms with van der Waals surface area (Å²) in [5.74, 6) is 0.503.